The molecule has 3 heterocycles. The maximum Gasteiger partial charge on any atom is 0.239 e. The fraction of sp³-hybridized carbons (Fsp3) is 0.364. The molecule has 2 fully saturated rings. The molecule has 0 saturated carbocycles. The third-order valence-electron chi connectivity index (χ3n) is 6.28. The maximum atomic E-state index is 13.4. The number of rotatable bonds is 3. The van der Waals surface area contributed by atoms with Gasteiger partial charge in [-0.1, -0.05) is 24.3 Å². The van der Waals surface area contributed by atoms with Crippen molar-refractivity contribution in [2.45, 2.75) is 32.0 Å². The zero-order chi connectivity index (χ0) is 18.9. The maximum absolute atomic E-state index is 13.4. The van der Waals surface area contributed by atoms with Crippen LogP contribution in [0.1, 0.15) is 37.1 Å². The lowest BCUT2D eigenvalue weighted by atomic mass is 9.77. The highest BCUT2D eigenvalue weighted by Gasteiger charge is 2.66. The standard InChI is InChI=1S/C22H22N2O3/c1-12(2)23-19-15-6-4-5-7-16(15)20(23)18-17(19)21(25)24(22(18)26)13-8-10-14(27-3)11-9-13/h4-12,17-20H,1-3H3/t17-,18+,19+,20-. The third-order valence-corrected chi connectivity index (χ3v) is 6.28. The van der Waals surface area contributed by atoms with Gasteiger partial charge in [-0.25, -0.2) is 4.90 Å². The number of hydrogen-bond donors (Lipinski definition) is 0. The third kappa shape index (κ3) is 2.03. The Morgan fingerprint density at radius 3 is 1.81 bits per heavy atom. The molecule has 0 unspecified atom stereocenters. The second kappa shape index (κ2) is 5.67. The van der Waals surface area contributed by atoms with Crippen LogP contribution in [0.15, 0.2) is 48.5 Å². The Bertz CT molecular complexity index is 888. The van der Waals surface area contributed by atoms with E-state index in [-0.39, 0.29) is 41.8 Å². The van der Waals surface area contributed by atoms with E-state index in [4.69, 9.17) is 4.74 Å². The number of fused-ring (bicyclic) bond motifs is 8. The minimum Gasteiger partial charge on any atom is -0.497 e. The van der Waals surface area contributed by atoms with Crippen molar-refractivity contribution in [1.82, 2.24) is 4.90 Å². The number of nitrogens with zero attached hydrogens (tertiary/aromatic N) is 2. The molecule has 4 atom stereocenters. The largest absolute Gasteiger partial charge is 0.497 e. The molecule has 27 heavy (non-hydrogen) atoms. The molecule has 0 aromatic heterocycles. The number of imide groups is 1. The Balaban J connectivity index is 1.59. The van der Waals surface area contributed by atoms with E-state index in [1.165, 1.54) is 16.0 Å². The summed E-state index contributed by atoms with van der Waals surface area (Å²) in [6.07, 6.45) is 0. The van der Waals surface area contributed by atoms with Crippen LogP contribution < -0.4 is 9.64 Å². The molecule has 0 radical (unpaired) electrons. The van der Waals surface area contributed by atoms with Crippen molar-refractivity contribution in [2.75, 3.05) is 12.0 Å². The first-order chi connectivity index (χ1) is 13.0. The molecule has 2 aromatic rings. The van der Waals surface area contributed by atoms with Gasteiger partial charge < -0.3 is 4.74 Å². The number of amides is 2. The molecule has 0 spiro atoms. The van der Waals surface area contributed by atoms with Gasteiger partial charge in [-0.3, -0.25) is 14.5 Å². The summed E-state index contributed by atoms with van der Waals surface area (Å²) in [5.74, 6) is -0.0639. The van der Waals surface area contributed by atoms with Gasteiger partial charge in [0.2, 0.25) is 11.8 Å². The predicted octanol–water partition coefficient (Wildman–Crippen LogP) is 3.32. The molecule has 2 amide bonds. The van der Waals surface area contributed by atoms with Gasteiger partial charge in [-0.2, -0.15) is 0 Å². The first-order valence-electron chi connectivity index (χ1n) is 9.42. The Kier molecular flexibility index (Phi) is 3.46. The number of carbonyl (C=O) groups is 2. The molecule has 0 N–H and O–H groups in total. The minimum atomic E-state index is -0.304. The summed E-state index contributed by atoms with van der Waals surface area (Å²) < 4.78 is 5.19. The second-order valence-electron chi connectivity index (χ2n) is 7.82. The van der Waals surface area contributed by atoms with Crippen molar-refractivity contribution in [3.63, 3.8) is 0 Å². The summed E-state index contributed by atoms with van der Waals surface area (Å²) in [7, 11) is 1.60. The number of anilines is 1. The zero-order valence-corrected chi connectivity index (χ0v) is 15.6. The molecule has 2 bridgehead atoms. The SMILES string of the molecule is COc1ccc(N2C(=O)[C@@H]3[C@H](C2=O)[C@H]2c4ccccc4[C@@H]3N2C(C)C)cc1. The summed E-state index contributed by atoms with van der Waals surface area (Å²) in [5.41, 5.74) is 3.03. The predicted molar refractivity (Wildman–Crippen MR) is 101 cm³/mol. The number of ether oxygens (including phenoxy) is 1. The van der Waals surface area contributed by atoms with Crippen LogP contribution >= 0.6 is 0 Å². The van der Waals surface area contributed by atoms with Gasteiger partial charge in [-0.15, -0.1) is 0 Å². The lowest BCUT2D eigenvalue weighted by Gasteiger charge is -2.29. The van der Waals surface area contributed by atoms with Crippen molar-refractivity contribution >= 4 is 17.5 Å². The number of hydrogen-bond acceptors (Lipinski definition) is 4. The van der Waals surface area contributed by atoms with Gasteiger partial charge >= 0.3 is 0 Å². The average Bonchev–Trinajstić information content (AvgIpc) is 3.28. The molecular formula is C22H22N2O3. The number of benzene rings is 2. The molecular weight excluding hydrogens is 340 g/mol. The average molecular weight is 362 g/mol. The van der Waals surface area contributed by atoms with E-state index in [0.717, 1.165) is 0 Å². The first kappa shape index (κ1) is 16.5. The van der Waals surface area contributed by atoms with Crippen LogP contribution in [-0.2, 0) is 9.59 Å². The second-order valence-corrected chi connectivity index (χ2v) is 7.82. The van der Waals surface area contributed by atoms with Gasteiger partial charge in [-0.05, 0) is 49.2 Å². The fourth-order valence-corrected chi connectivity index (χ4v) is 5.31. The van der Waals surface area contributed by atoms with Gasteiger partial charge in [0, 0.05) is 18.1 Å². The van der Waals surface area contributed by atoms with Crippen LogP contribution in [0.2, 0.25) is 0 Å². The van der Waals surface area contributed by atoms with Crippen LogP contribution in [0.25, 0.3) is 0 Å². The summed E-state index contributed by atoms with van der Waals surface area (Å²) in [6.45, 7) is 4.28. The quantitative estimate of drug-likeness (QED) is 0.786. The molecule has 2 saturated heterocycles. The monoisotopic (exact) mass is 362 g/mol. The Morgan fingerprint density at radius 1 is 0.852 bits per heavy atom. The smallest absolute Gasteiger partial charge is 0.239 e. The lowest BCUT2D eigenvalue weighted by Crippen LogP contribution is -2.38. The van der Waals surface area contributed by atoms with Crippen molar-refractivity contribution in [2.24, 2.45) is 11.8 Å². The summed E-state index contributed by atoms with van der Waals surface area (Å²) in [5, 5.41) is 0. The van der Waals surface area contributed by atoms with E-state index < -0.39 is 0 Å². The van der Waals surface area contributed by atoms with Crippen molar-refractivity contribution in [3.8, 4) is 5.75 Å². The minimum absolute atomic E-state index is 0.0177. The lowest BCUT2D eigenvalue weighted by molar-refractivity contribution is -0.124. The molecule has 0 aliphatic carbocycles. The summed E-state index contributed by atoms with van der Waals surface area (Å²) in [6, 6.07) is 15.6. The Morgan fingerprint density at radius 2 is 1.37 bits per heavy atom. The molecule has 3 aliphatic heterocycles. The van der Waals surface area contributed by atoms with E-state index in [9.17, 15) is 9.59 Å². The molecule has 2 aromatic carbocycles. The first-order valence-corrected chi connectivity index (χ1v) is 9.42. The Hall–Kier alpha value is -2.66. The van der Waals surface area contributed by atoms with Crippen LogP contribution in [0, 0.1) is 11.8 Å². The van der Waals surface area contributed by atoms with Gasteiger partial charge in [0.05, 0.1) is 24.6 Å². The van der Waals surface area contributed by atoms with E-state index in [1.807, 2.05) is 12.1 Å². The van der Waals surface area contributed by atoms with Gasteiger partial charge in [0.15, 0.2) is 0 Å². The summed E-state index contributed by atoms with van der Waals surface area (Å²) in [4.78, 5) is 30.5. The molecule has 138 valence electrons. The number of carbonyl (C=O) groups excluding carboxylic acids is 2. The van der Waals surface area contributed by atoms with Crippen molar-refractivity contribution in [3.05, 3.63) is 59.7 Å². The molecule has 5 nitrogen and oxygen atoms in total. The summed E-state index contributed by atoms with van der Waals surface area (Å²) >= 11 is 0. The molecule has 5 rings (SSSR count). The van der Waals surface area contributed by atoms with E-state index in [0.29, 0.717) is 11.4 Å². The highest BCUT2D eigenvalue weighted by Crippen LogP contribution is 2.63. The molecule has 5 heteroatoms. The topological polar surface area (TPSA) is 49.9 Å². The van der Waals surface area contributed by atoms with Crippen LogP contribution in [0.4, 0.5) is 5.69 Å². The van der Waals surface area contributed by atoms with Gasteiger partial charge in [0.25, 0.3) is 0 Å². The number of methoxy groups -OCH3 is 1. The van der Waals surface area contributed by atoms with Crippen molar-refractivity contribution < 1.29 is 14.3 Å². The van der Waals surface area contributed by atoms with Crippen LogP contribution in [0.5, 0.6) is 5.75 Å². The Labute approximate surface area is 158 Å². The highest BCUT2D eigenvalue weighted by molar-refractivity contribution is 6.23. The molecule has 3 aliphatic rings. The van der Waals surface area contributed by atoms with E-state index in [2.05, 4.69) is 30.9 Å². The van der Waals surface area contributed by atoms with Crippen LogP contribution in [0.3, 0.4) is 0 Å². The van der Waals surface area contributed by atoms with E-state index in [1.54, 1.807) is 31.4 Å². The van der Waals surface area contributed by atoms with Crippen LogP contribution in [-0.4, -0.2) is 29.9 Å². The zero-order valence-electron chi connectivity index (χ0n) is 15.6. The fourth-order valence-electron chi connectivity index (χ4n) is 5.31. The van der Waals surface area contributed by atoms with Gasteiger partial charge in [0.1, 0.15) is 5.75 Å². The normalized spacial score (nSPS) is 28.8. The highest BCUT2D eigenvalue weighted by atomic mass is 16.5. The van der Waals surface area contributed by atoms with E-state index >= 15 is 0 Å². The van der Waals surface area contributed by atoms with Crippen molar-refractivity contribution in [1.29, 1.82) is 0 Å².